The zero-order valence-electron chi connectivity index (χ0n) is 16.8. The molecule has 0 bridgehead atoms. The van der Waals surface area contributed by atoms with Gasteiger partial charge in [0.1, 0.15) is 5.82 Å². The third-order valence-corrected chi connectivity index (χ3v) is 6.20. The summed E-state index contributed by atoms with van der Waals surface area (Å²) < 4.78 is 15.3. The smallest absolute Gasteiger partial charge is 0.233 e. The lowest BCUT2D eigenvalue weighted by Gasteiger charge is -2.24. The second kappa shape index (κ2) is 9.89. The van der Waals surface area contributed by atoms with E-state index in [1.165, 1.54) is 43.2 Å². The molecule has 0 atom stereocenters. The van der Waals surface area contributed by atoms with Gasteiger partial charge in [-0.25, -0.2) is 4.39 Å². The van der Waals surface area contributed by atoms with Crippen molar-refractivity contribution in [3.63, 3.8) is 0 Å². The van der Waals surface area contributed by atoms with Crippen molar-refractivity contribution in [3.05, 3.63) is 60.4 Å². The summed E-state index contributed by atoms with van der Waals surface area (Å²) in [7, 11) is 0. The quantitative estimate of drug-likeness (QED) is 0.544. The standard InChI is InChI=1S/C23H25FN4OS/c24-19-13-11-18(12-14-19)22-25-26-23(28(22)20-9-5-4-6-10-20)30-17-21(29)27-15-7-2-1-3-8-16-27/h4-6,9-14H,1-3,7-8,15-17H2. The molecule has 1 amide bonds. The predicted molar refractivity (Wildman–Crippen MR) is 117 cm³/mol. The molecule has 3 aromatic rings. The maximum atomic E-state index is 13.4. The fraction of sp³-hybridized carbons (Fsp3) is 0.348. The summed E-state index contributed by atoms with van der Waals surface area (Å²) in [6, 6.07) is 16.0. The molecule has 0 radical (unpaired) electrons. The van der Waals surface area contributed by atoms with Crippen LogP contribution in [0.5, 0.6) is 0 Å². The number of amides is 1. The molecule has 156 valence electrons. The first-order valence-electron chi connectivity index (χ1n) is 10.4. The van der Waals surface area contributed by atoms with Gasteiger partial charge in [-0.1, -0.05) is 49.2 Å². The number of thioether (sulfide) groups is 1. The highest BCUT2D eigenvalue weighted by molar-refractivity contribution is 7.99. The number of halogens is 1. The van der Waals surface area contributed by atoms with Crippen molar-refractivity contribution < 1.29 is 9.18 Å². The Kier molecular flexibility index (Phi) is 6.79. The summed E-state index contributed by atoms with van der Waals surface area (Å²) in [6.07, 6.45) is 5.81. The maximum Gasteiger partial charge on any atom is 0.233 e. The topological polar surface area (TPSA) is 51.0 Å². The number of rotatable bonds is 5. The van der Waals surface area contributed by atoms with Gasteiger partial charge < -0.3 is 4.90 Å². The minimum absolute atomic E-state index is 0.146. The Morgan fingerprint density at radius 1 is 0.900 bits per heavy atom. The zero-order valence-corrected chi connectivity index (χ0v) is 17.7. The monoisotopic (exact) mass is 424 g/mol. The van der Waals surface area contributed by atoms with E-state index >= 15 is 0 Å². The molecule has 30 heavy (non-hydrogen) atoms. The molecule has 0 N–H and O–H groups in total. The van der Waals surface area contributed by atoms with E-state index in [9.17, 15) is 9.18 Å². The molecule has 4 rings (SSSR count). The van der Waals surface area contributed by atoms with Crippen LogP contribution in [0, 0.1) is 5.82 Å². The van der Waals surface area contributed by atoms with Gasteiger partial charge in [0.05, 0.1) is 5.75 Å². The molecule has 1 fully saturated rings. The van der Waals surface area contributed by atoms with Gasteiger partial charge in [-0.2, -0.15) is 0 Å². The molecule has 0 spiro atoms. The van der Waals surface area contributed by atoms with Crippen molar-refractivity contribution in [1.82, 2.24) is 19.7 Å². The highest BCUT2D eigenvalue weighted by Crippen LogP contribution is 2.28. The Morgan fingerprint density at radius 2 is 1.57 bits per heavy atom. The number of hydrogen-bond acceptors (Lipinski definition) is 4. The molecule has 1 saturated heterocycles. The molecule has 0 aliphatic carbocycles. The molecular formula is C23H25FN4OS. The predicted octanol–water partition coefficient (Wildman–Crippen LogP) is 4.96. The van der Waals surface area contributed by atoms with Gasteiger partial charge in [0.25, 0.3) is 0 Å². The van der Waals surface area contributed by atoms with Crippen LogP contribution in [0.25, 0.3) is 17.1 Å². The van der Waals surface area contributed by atoms with Crippen molar-refractivity contribution in [3.8, 4) is 17.1 Å². The summed E-state index contributed by atoms with van der Waals surface area (Å²) in [4.78, 5) is 14.8. The van der Waals surface area contributed by atoms with Crippen molar-refractivity contribution in [1.29, 1.82) is 0 Å². The van der Waals surface area contributed by atoms with Crippen molar-refractivity contribution in [2.75, 3.05) is 18.8 Å². The second-order valence-electron chi connectivity index (χ2n) is 7.42. The largest absolute Gasteiger partial charge is 0.342 e. The number of aromatic nitrogens is 3. The Morgan fingerprint density at radius 3 is 2.27 bits per heavy atom. The minimum Gasteiger partial charge on any atom is -0.342 e. The van der Waals surface area contributed by atoms with E-state index in [2.05, 4.69) is 10.2 Å². The number of nitrogens with zero attached hydrogens (tertiary/aromatic N) is 4. The van der Waals surface area contributed by atoms with E-state index in [1.807, 2.05) is 39.8 Å². The summed E-state index contributed by atoms with van der Waals surface area (Å²) in [5, 5.41) is 9.36. The Bertz CT molecular complexity index is 967. The summed E-state index contributed by atoms with van der Waals surface area (Å²) in [6.45, 7) is 1.68. The van der Waals surface area contributed by atoms with E-state index in [-0.39, 0.29) is 11.7 Å². The lowest BCUT2D eigenvalue weighted by Crippen LogP contribution is -2.35. The van der Waals surface area contributed by atoms with E-state index in [1.54, 1.807) is 12.1 Å². The number of hydrogen-bond donors (Lipinski definition) is 0. The molecule has 2 heterocycles. The first kappa shape index (κ1) is 20.6. The molecule has 1 aromatic heterocycles. The van der Waals surface area contributed by atoms with Gasteiger partial charge in [-0.3, -0.25) is 9.36 Å². The van der Waals surface area contributed by atoms with Crippen LogP contribution in [-0.4, -0.2) is 44.4 Å². The van der Waals surface area contributed by atoms with E-state index < -0.39 is 0 Å². The Labute approximate surface area is 180 Å². The molecule has 2 aromatic carbocycles. The average molecular weight is 425 g/mol. The van der Waals surface area contributed by atoms with Gasteiger partial charge in [0, 0.05) is 24.3 Å². The first-order chi connectivity index (χ1) is 14.7. The average Bonchev–Trinajstić information content (AvgIpc) is 3.17. The van der Waals surface area contributed by atoms with Gasteiger partial charge >= 0.3 is 0 Å². The number of carbonyl (C=O) groups is 1. The van der Waals surface area contributed by atoms with E-state index in [4.69, 9.17) is 0 Å². The Balaban J connectivity index is 1.57. The molecule has 0 saturated carbocycles. The molecule has 0 unspecified atom stereocenters. The van der Waals surface area contributed by atoms with Crippen LogP contribution in [0.15, 0.2) is 59.8 Å². The molecule has 7 heteroatoms. The van der Waals surface area contributed by atoms with Crippen LogP contribution < -0.4 is 0 Å². The normalized spacial score (nSPS) is 14.9. The molecule has 1 aliphatic heterocycles. The first-order valence-corrected chi connectivity index (χ1v) is 11.4. The summed E-state index contributed by atoms with van der Waals surface area (Å²) in [5.74, 6) is 0.808. The van der Waals surface area contributed by atoms with Gasteiger partial charge in [-0.05, 0) is 49.2 Å². The fourth-order valence-corrected chi connectivity index (χ4v) is 4.53. The van der Waals surface area contributed by atoms with E-state index in [0.717, 1.165) is 37.2 Å². The minimum atomic E-state index is -0.294. The summed E-state index contributed by atoms with van der Waals surface area (Å²) >= 11 is 1.40. The van der Waals surface area contributed by atoms with Crippen molar-refractivity contribution >= 4 is 17.7 Å². The second-order valence-corrected chi connectivity index (χ2v) is 8.36. The van der Waals surface area contributed by atoms with Crippen LogP contribution in [0.3, 0.4) is 0 Å². The van der Waals surface area contributed by atoms with Gasteiger partial charge in [-0.15, -0.1) is 10.2 Å². The number of para-hydroxylation sites is 1. The van der Waals surface area contributed by atoms with Gasteiger partial charge in [0.2, 0.25) is 5.91 Å². The Hall–Kier alpha value is -2.67. The summed E-state index contributed by atoms with van der Waals surface area (Å²) in [5.41, 5.74) is 1.68. The number of likely N-dealkylation sites (tertiary alicyclic amines) is 1. The van der Waals surface area contributed by atoms with Crippen LogP contribution in [0.1, 0.15) is 32.1 Å². The molecule has 1 aliphatic rings. The SMILES string of the molecule is O=C(CSc1nnc(-c2ccc(F)cc2)n1-c1ccccc1)N1CCCCCCC1. The fourth-order valence-electron chi connectivity index (χ4n) is 3.67. The van der Waals surface area contributed by atoms with Crippen LogP contribution in [0.4, 0.5) is 4.39 Å². The third kappa shape index (κ3) is 4.90. The lowest BCUT2D eigenvalue weighted by molar-refractivity contribution is -0.128. The zero-order chi connectivity index (χ0) is 20.8. The lowest BCUT2D eigenvalue weighted by atomic mass is 10.1. The van der Waals surface area contributed by atoms with Gasteiger partial charge in [0.15, 0.2) is 11.0 Å². The molecular weight excluding hydrogens is 399 g/mol. The van der Waals surface area contributed by atoms with Crippen LogP contribution >= 0.6 is 11.8 Å². The molecule has 5 nitrogen and oxygen atoms in total. The maximum absolute atomic E-state index is 13.4. The third-order valence-electron chi connectivity index (χ3n) is 5.28. The highest BCUT2D eigenvalue weighted by Gasteiger charge is 2.20. The van der Waals surface area contributed by atoms with E-state index in [0.29, 0.717) is 16.7 Å². The van der Waals surface area contributed by atoms with Crippen molar-refractivity contribution in [2.24, 2.45) is 0 Å². The highest BCUT2D eigenvalue weighted by atomic mass is 32.2. The number of benzene rings is 2. The van der Waals surface area contributed by atoms with Crippen LogP contribution in [0.2, 0.25) is 0 Å². The van der Waals surface area contributed by atoms with Crippen LogP contribution in [-0.2, 0) is 4.79 Å². The number of carbonyl (C=O) groups excluding carboxylic acids is 1. The van der Waals surface area contributed by atoms with Crippen molar-refractivity contribution in [2.45, 2.75) is 37.3 Å².